The standard InChI is InChI=1S/C20H18BrF3N2O5S/c21-15-9-12(22)10-17(24)18(15)25-19(27)14-11-13(1-2-16(14)23)32(28,29)26-5-3-20(4-6-26)30-7-8-31-20/h1-2,9-11H,3-8H2,(H,25,27). The van der Waals surface area contributed by atoms with Gasteiger partial charge in [0.1, 0.15) is 11.6 Å². The molecule has 2 saturated heterocycles. The molecule has 0 radical (unpaired) electrons. The Morgan fingerprint density at radius 2 is 1.69 bits per heavy atom. The van der Waals surface area contributed by atoms with Crippen molar-refractivity contribution in [1.29, 1.82) is 0 Å². The van der Waals surface area contributed by atoms with Gasteiger partial charge in [-0.3, -0.25) is 4.79 Å². The van der Waals surface area contributed by atoms with Gasteiger partial charge in [-0.15, -0.1) is 0 Å². The lowest BCUT2D eigenvalue weighted by Gasteiger charge is -2.36. The van der Waals surface area contributed by atoms with Crippen LogP contribution in [0.3, 0.4) is 0 Å². The van der Waals surface area contributed by atoms with E-state index in [4.69, 9.17) is 9.47 Å². The molecule has 12 heteroatoms. The first-order chi connectivity index (χ1) is 15.1. The number of rotatable bonds is 4. The summed E-state index contributed by atoms with van der Waals surface area (Å²) in [4.78, 5) is 12.3. The zero-order valence-electron chi connectivity index (χ0n) is 16.5. The minimum absolute atomic E-state index is 0.0915. The molecule has 2 aliphatic rings. The van der Waals surface area contributed by atoms with Crippen molar-refractivity contribution in [1.82, 2.24) is 4.31 Å². The third-order valence-electron chi connectivity index (χ3n) is 5.36. The van der Waals surface area contributed by atoms with Crippen molar-refractivity contribution < 1.29 is 35.9 Å². The molecule has 1 N–H and O–H groups in total. The van der Waals surface area contributed by atoms with Crippen molar-refractivity contribution in [3.05, 3.63) is 57.8 Å². The third-order valence-corrected chi connectivity index (χ3v) is 7.88. The molecule has 7 nitrogen and oxygen atoms in total. The zero-order valence-corrected chi connectivity index (χ0v) is 18.9. The van der Waals surface area contributed by atoms with E-state index < -0.39 is 50.4 Å². The molecule has 172 valence electrons. The molecular formula is C20H18BrF3N2O5S. The van der Waals surface area contributed by atoms with Crippen LogP contribution in [0.4, 0.5) is 18.9 Å². The van der Waals surface area contributed by atoms with E-state index in [1.54, 1.807) is 0 Å². The maximum Gasteiger partial charge on any atom is 0.258 e. The van der Waals surface area contributed by atoms with Crippen molar-refractivity contribution in [2.75, 3.05) is 31.6 Å². The Morgan fingerprint density at radius 1 is 1.03 bits per heavy atom. The van der Waals surface area contributed by atoms with Crippen LogP contribution in [0.15, 0.2) is 39.7 Å². The van der Waals surface area contributed by atoms with Gasteiger partial charge in [-0.2, -0.15) is 4.31 Å². The van der Waals surface area contributed by atoms with Gasteiger partial charge >= 0.3 is 0 Å². The molecule has 32 heavy (non-hydrogen) atoms. The summed E-state index contributed by atoms with van der Waals surface area (Å²) in [5.41, 5.74) is -1.00. The molecule has 0 bridgehead atoms. The highest BCUT2D eigenvalue weighted by molar-refractivity contribution is 9.10. The maximum atomic E-state index is 14.4. The topological polar surface area (TPSA) is 84.9 Å². The minimum atomic E-state index is -4.03. The van der Waals surface area contributed by atoms with Crippen molar-refractivity contribution in [2.45, 2.75) is 23.5 Å². The predicted octanol–water partition coefficient (Wildman–Crippen LogP) is 3.65. The first-order valence-electron chi connectivity index (χ1n) is 9.65. The smallest absolute Gasteiger partial charge is 0.258 e. The van der Waals surface area contributed by atoms with Crippen LogP contribution in [0.5, 0.6) is 0 Å². The monoisotopic (exact) mass is 534 g/mol. The van der Waals surface area contributed by atoms with E-state index in [0.717, 1.165) is 24.3 Å². The van der Waals surface area contributed by atoms with Crippen LogP contribution in [0.25, 0.3) is 0 Å². The average molecular weight is 535 g/mol. The quantitative estimate of drug-likeness (QED) is 0.647. The lowest BCUT2D eigenvalue weighted by Crippen LogP contribution is -2.47. The summed E-state index contributed by atoms with van der Waals surface area (Å²) < 4.78 is 80.1. The van der Waals surface area contributed by atoms with Gasteiger partial charge in [-0.05, 0) is 40.2 Å². The van der Waals surface area contributed by atoms with Gasteiger partial charge in [0.2, 0.25) is 10.0 Å². The maximum absolute atomic E-state index is 14.4. The van der Waals surface area contributed by atoms with Crippen LogP contribution in [-0.4, -0.2) is 50.7 Å². The molecule has 0 saturated carbocycles. The molecule has 2 aromatic carbocycles. The highest BCUT2D eigenvalue weighted by Crippen LogP contribution is 2.34. The van der Waals surface area contributed by atoms with E-state index in [2.05, 4.69) is 21.2 Å². The second-order valence-electron chi connectivity index (χ2n) is 7.35. The number of carbonyl (C=O) groups is 1. The fourth-order valence-corrected chi connectivity index (χ4v) is 5.66. The number of nitrogens with zero attached hydrogens (tertiary/aromatic N) is 1. The Bertz CT molecular complexity index is 1140. The number of anilines is 1. The van der Waals surface area contributed by atoms with Crippen LogP contribution in [0.2, 0.25) is 0 Å². The Morgan fingerprint density at radius 3 is 2.31 bits per heavy atom. The van der Waals surface area contributed by atoms with Crippen LogP contribution < -0.4 is 5.32 Å². The number of nitrogens with one attached hydrogen (secondary N) is 1. The number of sulfonamides is 1. The second kappa shape index (κ2) is 8.75. The van der Waals surface area contributed by atoms with Gasteiger partial charge < -0.3 is 14.8 Å². The first-order valence-corrected chi connectivity index (χ1v) is 11.9. The molecule has 0 aliphatic carbocycles. The lowest BCUT2D eigenvalue weighted by molar-refractivity contribution is -0.179. The molecule has 4 rings (SSSR count). The minimum Gasteiger partial charge on any atom is -0.347 e. The Labute approximate surface area is 190 Å². The Balaban J connectivity index is 1.56. The molecule has 1 amide bonds. The highest BCUT2D eigenvalue weighted by Gasteiger charge is 2.42. The molecule has 2 fully saturated rings. The van der Waals surface area contributed by atoms with E-state index in [0.29, 0.717) is 32.1 Å². The van der Waals surface area contributed by atoms with Gasteiger partial charge in [0.25, 0.3) is 5.91 Å². The van der Waals surface area contributed by atoms with Crippen molar-refractivity contribution in [3.8, 4) is 0 Å². The van der Waals surface area contributed by atoms with Crippen molar-refractivity contribution in [2.24, 2.45) is 0 Å². The fraction of sp³-hybridized carbons (Fsp3) is 0.350. The number of hydrogen-bond acceptors (Lipinski definition) is 5. The van der Waals surface area contributed by atoms with Crippen LogP contribution in [0.1, 0.15) is 23.2 Å². The van der Waals surface area contributed by atoms with E-state index >= 15 is 0 Å². The molecule has 1 spiro atoms. The number of amides is 1. The molecule has 0 unspecified atom stereocenters. The SMILES string of the molecule is O=C(Nc1c(F)cc(F)cc1Br)c1cc(S(=O)(=O)N2CCC3(CC2)OCCO3)ccc1F. The Kier molecular flexibility index (Phi) is 6.34. The number of hydrogen-bond donors (Lipinski definition) is 1. The van der Waals surface area contributed by atoms with Gasteiger partial charge in [0.15, 0.2) is 11.6 Å². The zero-order chi connectivity index (χ0) is 23.1. The van der Waals surface area contributed by atoms with Gasteiger partial charge in [0.05, 0.1) is 29.4 Å². The molecule has 2 aliphatic heterocycles. The summed E-state index contributed by atoms with van der Waals surface area (Å²) in [5, 5.41) is 2.14. The number of benzene rings is 2. The van der Waals surface area contributed by atoms with Crippen LogP contribution in [-0.2, 0) is 19.5 Å². The van der Waals surface area contributed by atoms with E-state index in [1.807, 2.05) is 0 Å². The summed E-state index contributed by atoms with van der Waals surface area (Å²) >= 11 is 2.93. The summed E-state index contributed by atoms with van der Waals surface area (Å²) in [6, 6.07) is 4.28. The second-order valence-corrected chi connectivity index (χ2v) is 10.1. The summed E-state index contributed by atoms with van der Waals surface area (Å²) in [7, 11) is -4.03. The average Bonchev–Trinajstić information content (AvgIpc) is 3.18. The predicted molar refractivity (Wildman–Crippen MR) is 111 cm³/mol. The van der Waals surface area contributed by atoms with E-state index in [1.165, 1.54) is 4.31 Å². The Hall–Kier alpha value is -1.99. The van der Waals surface area contributed by atoms with Gasteiger partial charge in [-0.1, -0.05) is 0 Å². The normalized spacial score (nSPS) is 18.8. The van der Waals surface area contributed by atoms with Gasteiger partial charge in [0, 0.05) is 36.5 Å². The molecular weight excluding hydrogens is 517 g/mol. The number of halogens is 4. The number of ether oxygens (including phenoxy) is 2. The number of piperidine rings is 1. The van der Waals surface area contributed by atoms with Crippen LogP contribution in [0, 0.1) is 17.5 Å². The van der Waals surface area contributed by atoms with Crippen molar-refractivity contribution >= 4 is 37.5 Å². The van der Waals surface area contributed by atoms with E-state index in [-0.39, 0.29) is 22.5 Å². The van der Waals surface area contributed by atoms with Gasteiger partial charge in [-0.25, -0.2) is 21.6 Å². The molecule has 0 atom stereocenters. The lowest BCUT2D eigenvalue weighted by atomic mass is 10.1. The highest BCUT2D eigenvalue weighted by atomic mass is 79.9. The van der Waals surface area contributed by atoms with Crippen LogP contribution >= 0.6 is 15.9 Å². The molecule has 2 heterocycles. The summed E-state index contributed by atoms with van der Waals surface area (Å²) in [5.74, 6) is -4.80. The largest absolute Gasteiger partial charge is 0.347 e. The fourth-order valence-electron chi connectivity index (χ4n) is 3.68. The first kappa shape index (κ1) is 23.2. The molecule has 2 aromatic rings. The molecule has 0 aromatic heterocycles. The van der Waals surface area contributed by atoms with Crippen molar-refractivity contribution in [3.63, 3.8) is 0 Å². The number of carbonyl (C=O) groups excluding carboxylic acids is 1. The summed E-state index contributed by atoms with van der Waals surface area (Å²) in [6.07, 6.45) is 0.692. The van der Waals surface area contributed by atoms with E-state index in [9.17, 15) is 26.4 Å². The third kappa shape index (κ3) is 4.42. The summed E-state index contributed by atoms with van der Waals surface area (Å²) in [6.45, 7) is 1.17.